The molecule has 5 aromatic carbocycles. The molecule has 0 radical (unpaired) electrons. The number of benzene rings is 5. The van der Waals surface area contributed by atoms with Crippen LogP contribution < -0.4 is 9.47 Å². The summed E-state index contributed by atoms with van der Waals surface area (Å²) in [7, 11) is 0. The molecule has 0 saturated heterocycles. The Labute approximate surface area is 272 Å². The standard InChI is InChI=1S/C39H34O8/c1-24(2)38(42)46-33(26-13-7-5-8-14-26)22-44-35-29-17-11-12-18-30(29)36(32-21-28(37(40)41)19-20-31(32)35)45-23-34(47-39(43)25(3)4)27-15-9-6-10-16-27/h5-21,33-34H,1,3,22-23H2,2,4H3,(H,40,41). The fourth-order valence-electron chi connectivity index (χ4n) is 5.05. The van der Waals surface area contributed by atoms with Gasteiger partial charge in [-0.2, -0.15) is 0 Å². The van der Waals surface area contributed by atoms with Crippen LogP contribution in [0.3, 0.4) is 0 Å². The van der Waals surface area contributed by atoms with Crippen molar-refractivity contribution in [3.05, 3.63) is 144 Å². The zero-order chi connectivity index (χ0) is 33.5. The fourth-order valence-corrected chi connectivity index (χ4v) is 5.05. The lowest BCUT2D eigenvalue weighted by atomic mass is 9.98. The van der Waals surface area contributed by atoms with E-state index in [0.29, 0.717) is 33.0 Å². The minimum Gasteiger partial charge on any atom is -0.488 e. The molecule has 1 N–H and O–H groups in total. The third-order valence-corrected chi connectivity index (χ3v) is 7.47. The molecule has 0 aromatic heterocycles. The molecule has 0 aliphatic carbocycles. The number of carbonyl (C=O) groups excluding carboxylic acids is 2. The van der Waals surface area contributed by atoms with Crippen LogP contribution in [-0.4, -0.2) is 36.2 Å². The van der Waals surface area contributed by atoms with E-state index < -0.39 is 30.1 Å². The van der Waals surface area contributed by atoms with E-state index >= 15 is 0 Å². The van der Waals surface area contributed by atoms with Crippen LogP contribution >= 0.6 is 0 Å². The van der Waals surface area contributed by atoms with Gasteiger partial charge in [0.15, 0.2) is 12.2 Å². The summed E-state index contributed by atoms with van der Waals surface area (Å²) in [5.74, 6) is -1.37. The van der Waals surface area contributed by atoms with Crippen LogP contribution in [0.5, 0.6) is 11.5 Å². The predicted molar refractivity (Wildman–Crippen MR) is 180 cm³/mol. The van der Waals surface area contributed by atoms with Gasteiger partial charge in [-0.15, -0.1) is 0 Å². The summed E-state index contributed by atoms with van der Waals surface area (Å²) in [6.45, 7) is 10.4. The molecule has 2 unspecified atom stereocenters. The molecule has 238 valence electrons. The minimum absolute atomic E-state index is 0.0318. The lowest BCUT2D eigenvalue weighted by Gasteiger charge is -2.23. The number of carbonyl (C=O) groups is 3. The van der Waals surface area contributed by atoms with Gasteiger partial charge < -0.3 is 24.1 Å². The van der Waals surface area contributed by atoms with Crippen LogP contribution in [-0.2, 0) is 19.1 Å². The number of carboxylic acids is 1. The Balaban J connectivity index is 1.59. The van der Waals surface area contributed by atoms with Crippen molar-refractivity contribution < 1.29 is 38.4 Å². The minimum atomic E-state index is -1.11. The summed E-state index contributed by atoms with van der Waals surface area (Å²) in [5.41, 5.74) is 2.01. The number of rotatable bonds is 13. The summed E-state index contributed by atoms with van der Waals surface area (Å²) in [5, 5.41) is 12.3. The van der Waals surface area contributed by atoms with Gasteiger partial charge in [-0.3, -0.25) is 0 Å². The lowest BCUT2D eigenvalue weighted by molar-refractivity contribution is -0.147. The van der Waals surface area contributed by atoms with Gasteiger partial charge in [0.1, 0.15) is 24.7 Å². The zero-order valence-corrected chi connectivity index (χ0v) is 26.1. The van der Waals surface area contributed by atoms with E-state index in [0.717, 1.165) is 11.1 Å². The molecule has 0 amide bonds. The van der Waals surface area contributed by atoms with Crippen LogP contribution in [0.1, 0.15) is 47.5 Å². The smallest absolute Gasteiger partial charge is 0.335 e. The Bertz CT molecular complexity index is 1960. The van der Waals surface area contributed by atoms with Crippen molar-refractivity contribution in [2.75, 3.05) is 13.2 Å². The highest BCUT2D eigenvalue weighted by atomic mass is 16.6. The average Bonchev–Trinajstić information content (AvgIpc) is 3.08. The second-order valence-corrected chi connectivity index (χ2v) is 11.1. The van der Waals surface area contributed by atoms with Crippen molar-refractivity contribution in [1.82, 2.24) is 0 Å². The molecule has 0 spiro atoms. The molecule has 0 aliphatic heterocycles. The number of aromatic carboxylic acids is 1. The summed E-state index contributed by atoms with van der Waals surface area (Å²) < 4.78 is 24.4. The van der Waals surface area contributed by atoms with Gasteiger partial charge in [-0.25, -0.2) is 14.4 Å². The summed E-state index contributed by atoms with van der Waals surface area (Å²) >= 11 is 0. The van der Waals surface area contributed by atoms with Crippen LogP contribution in [0.15, 0.2) is 127 Å². The summed E-state index contributed by atoms with van der Waals surface area (Å²) in [6.07, 6.45) is -1.53. The Morgan fingerprint density at radius 3 is 1.43 bits per heavy atom. The van der Waals surface area contributed by atoms with Crippen molar-refractivity contribution in [3.8, 4) is 11.5 Å². The van der Waals surface area contributed by atoms with Crippen molar-refractivity contribution in [2.24, 2.45) is 0 Å². The predicted octanol–water partition coefficient (Wildman–Crippen LogP) is 8.17. The maximum atomic E-state index is 12.6. The largest absolute Gasteiger partial charge is 0.488 e. The second-order valence-electron chi connectivity index (χ2n) is 11.1. The highest BCUT2D eigenvalue weighted by molar-refractivity contribution is 6.12. The maximum absolute atomic E-state index is 12.6. The van der Waals surface area contributed by atoms with Gasteiger partial charge in [0.25, 0.3) is 0 Å². The van der Waals surface area contributed by atoms with Crippen LogP contribution in [0.4, 0.5) is 0 Å². The maximum Gasteiger partial charge on any atom is 0.335 e. The number of carboxylic acid groups (broad SMARTS) is 1. The molecule has 47 heavy (non-hydrogen) atoms. The first-order valence-corrected chi connectivity index (χ1v) is 14.9. The van der Waals surface area contributed by atoms with E-state index in [9.17, 15) is 19.5 Å². The molecule has 0 aliphatic rings. The van der Waals surface area contributed by atoms with Crippen molar-refractivity contribution in [2.45, 2.75) is 26.1 Å². The van der Waals surface area contributed by atoms with Crippen molar-refractivity contribution >= 4 is 39.5 Å². The molecule has 0 fully saturated rings. The number of ether oxygens (including phenoxy) is 4. The van der Waals surface area contributed by atoms with Crippen LogP contribution in [0, 0.1) is 0 Å². The van der Waals surface area contributed by atoms with Gasteiger partial charge in [0, 0.05) is 32.7 Å². The molecule has 0 saturated carbocycles. The van der Waals surface area contributed by atoms with Gasteiger partial charge in [-0.05, 0) is 43.2 Å². The molecule has 2 atom stereocenters. The molecule has 0 bridgehead atoms. The molecular formula is C39H34O8. The first kappa shape index (κ1) is 32.5. The van der Waals surface area contributed by atoms with Crippen molar-refractivity contribution in [3.63, 3.8) is 0 Å². The van der Waals surface area contributed by atoms with Gasteiger partial charge in [0.05, 0.1) is 5.56 Å². The Morgan fingerprint density at radius 2 is 1.00 bits per heavy atom. The normalized spacial score (nSPS) is 12.1. The van der Waals surface area contributed by atoms with E-state index in [-0.39, 0.29) is 29.9 Å². The van der Waals surface area contributed by atoms with Crippen molar-refractivity contribution in [1.29, 1.82) is 0 Å². The third-order valence-electron chi connectivity index (χ3n) is 7.47. The van der Waals surface area contributed by atoms with Gasteiger partial charge >= 0.3 is 17.9 Å². The number of hydrogen-bond donors (Lipinski definition) is 1. The fraction of sp³-hybridized carbons (Fsp3) is 0.154. The SMILES string of the molecule is C=C(C)C(=O)OC(COc1c2ccccc2c(OCC(OC(=O)C(=C)C)c2ccccc2)c2cc(C(=O)O)ccc12)c1ccccc1. The highest BCUT2D eigenvalue weighted by Crippen LogP contribution is 2.44. The Kier molecular flexibility index (Phi) is 10.0. The number of fused-ring (bicyclic) bond motifs is 2. The molecule has 0 heterocycles. The van der Waals surface area contributed by atoms with Crippen LogP contribution in [0.2, 0.25) is 0 Å². The monoisotopic (exact) mass is 630 g/mol. The molecule has 8 heteroatoms. The topological polar surface area (TPSA) is 108 Å². The zero-order valence-electron chi connectivity index (χ0n) is 26.1. The average molecular weight is 631 g/mol. The Morgan fingerprint density at radius 1 is 0.596 bits per heavy atom. The van der Waals surface area contributed by atoms with E-state index in [4.69, 9.17) is 18.9 Å². The number of esters is 2. The van der Waals surface area contributed by atoms with Gasteiger partial charge in [0.2, 0.25) is 0 Å². The summed E-state index contributed by atoms with van der Waals surface area (Å²) in [6, 6.07) is 30.5. The first-order chi connectivity index (χ1) is 22.6. The first-order valence-electron chi connectivity index (χ1n) is 14.9. The summed E-state index contributed by atoms with van der Waals surface area (Å²) in [4.78, 5) is 37.2. The van der Waals surface area contributed by atoms with E-state index in [1.807, 2.05) is 84.9 Å². The molecule has 8 nitrogen and oxygen atoms in total. The Hall–Kier alpha value is -5.89. The molecular weight excluding hydrogens is 596 g/mol. The van der Waals surface area contributed by atoms with Crippen LogP contribution in [0.25, 0.3) is 21.5 Å². The van der Waals surface area contributed by atoms with E-state index in [1.54, 1.807) is 19.9 Å². The molecule has 5 rings (SSSR count). The van der Waals surface area contributed by atoms with Gasteiger partial charge in [-0.1, -0.05) is 98.1 Å². The lowest BCUT2D eigenvalue weighted by Crippen LogP contribution is -2.19. The number of hydrogen-bond acceptors (Lipinski definition) is 7. The van der Waals surface area contributed by atoms with E-state index in [2.05, 4.69) is 13.2 Å². The second kappa shape index (κ2) is 14.5. The highest BCUT2D eigenvalue weighted by Gasteiger charge is 2.24. The quantitative estimate of drug-likeness (QED) is 0.0789. The molecule has 5 aromatic rings. The van der Waals surface area contributed by atoms with E-state index in [1.165, 1.54) is 12.1 Å². The third kappa shape index (κ3) is 7.50.